The Bertz CT molecular complexity index is 542. The highest BCUT2D eigenvalue weighted by molar-refractivity contribution is 7.00. The molecule has 0 bridgehead atoms. The summed E-state index contributed by atoms with van der Waals surface area (Å²) in [6.45, 7) is 3.12. The summed E-state index contributed by atoms with van der Waals surface area (Å²) in [4.78, 5) is 0. The zero-order valence-electron chi connectivity index (χ0n) is 10.9. The quantitative estimate of drug-likeness (QED) is 0.696. The summed E-state index contributed by atoms with van der Waals surface area (Å²) in [5, 5.41) is 4.53. The van der Waals surface area contributed by atoms with Crippen LogP contribution in [0, 0.1) is 0 Å². The molecule has 1 heterocycles. The number of anilines is 1. The molecule has 0 saturated carbocycles. The standard InChI is InChI=1S/C13H17Cl2N3S/c1-2-3-4-5-6-7-16-11-9(14)8-10(15)12-13(11)18-19-17-12/h8,16H,2-7H2,1H3. The molecule has 0 atom stereocenters. The number of rotatable bonds is 7. The summed E-state index contributed by atoms with van der Waals surface area (Å²) in [5.74, 6) is 0. The van der Waals surface area contributed by atoms with Crippen LogP contribution in [-0.2, 0) is 0 Å². The van der Waals surface area contributed by atoms with Gasteiger partial charge in [-0.2, -0.15) is 8.75 Å². The van der Waals surface area contributed by atoms with Gasteiger partial charge in [0.15, 0.2) is 0 Å². The van der Waals surface area contributed by atoms with E-state index in [-0.39, 0.29) is 0 Å². The number of hydrogen-bond donors (Lipinski definition) is 1. The largest absolute Gasteiger partial charge is 0.382 e. The molecule has 0 amide bonds. The maximum atomic E-state index is 6.22. The molecule has 0 aliphatic rings. The number of hydrogen-bond acceptors (Lipinski definition) is 4. The van der Waals surface area contributed by atoms with E-state index in [1.807, 2.05) is 0 Å². The summed E-state index contributed by atoms with van der Waals surface area (Å²) < 4.78 is 8.46. The van der Waals surface area contributed by atoms with Gasteiger partial charge >= 0.3 is 0 Å². The minimum atomic E-state index is 0.558. The number of nitrogens with one attached hydrogen (secondary N) is 1. The van der Waals surface area contributed by atoms with Crippen LogP contribution < -0.4 is 5.32 Å². The molecule has 6 heteroatoms. The Morgan fingerprint density at radius 1 is 1.05 bits per heavy atom. The van der Waals surface area contributed by atoms with Crippen LogP contribution in [0.4, 0.5) is 5.69 Å². The Kier molecular flexibility index (Phi) is 5.67. The van der Waals surface area contributed by atoms with E-state index < -0.39 is 0 Å². The van der Waals surface area contributed by atoms with Gasteiger partial charge in [-0.05, 0) is 12.5 Å². The minimum absolute atomic E-state index is 0.558. The van der Waals surface area contributed by atoms with Crippen LogP contribution in [0.3, 0.4) is 0 Å². The van der Waals surface area contributed by atoms with Crippen molar-refractivity contribution in [3.8, 4) is 0 Å². The van der Waals surface area contributed by atoms with Crippen molar-refractivity contribution in [2.45, 2.75) is 39.0 Å². The maximum Gasteiger partial charge on any atom is 0.130 e. The van der Waals surface area contributed by atoms with Crippen LogP contribution in [0.1, 0.15) is 39.0 Å². The lowest BCUT2D eigenvalue weighted by Gasteiger charge is -2.09. The van der Waals surface area contributed by atoms with Crippen molar-refractivity contribution in [3.63, 3.8) is 0 Å². The van der Waals surface area contributed by atoms with Crippen molar-refractivity contribution in [1.29, 1.82) is 0 Å². The van der Waals surface area contributed by atoms with Gasteiger partial charge in [0.25, 0.3) is 0 Å². The molecule has 0 saturated heterocycles. The van der Waals surface area contributed by atoms with Crippen molar-refractivity contribution in [1.82, 2.24) is 8.75 Å². The second-order valence-electron chi connectivity index (χ2n) is 4.52. The fourth-order valence-electron chi connectivity index (χ4n) is 1.98. The second-order valence-corrected chi connectivity index (χ2v) is 5.86. The fraction of sp³-hybridized carbons (Fsp3) is 0.538. The molecule has 0 fully saturated rings. The smallest absolute Gasteiger partial charge is 0.130 e. The summed E-state index contributed by atoms with van der Waals surface area (Å²) in [6.07, 6.45) is 6.24. The van der Waals surface area contributed by atoms with Gasteiger partial charge in [-0.25, -0.2) is 0 Å². The van der Waals surface area contributed by atoms with Gasteiger partial charge in [-0.15, -0.1) is 0 Å². The molecule has 104 valence electrons. The molecule has 1 N–H and O–H groups in total. The first kappa shape index (κ1) is 14.8. The van der Waals surface area contributed by atoms with E-state index in [1.54, 1.807) is 6.07 Å². The first-order chi connectivity index (χ1) is 9.24. The van der Waals surface area contributed by atoms with E-state index in [9.17, 15) is 0 Å². The first-order valence-corrected chi connectivity index (χ1v) is 8.06. The van der Waals surface area contributed by atoms with Crippen LogP contribution in [0.2, 0.25) is 10.0 Å². The topological polar surface area (TPSA) is 37.8 Å². The zero-order chi connectivity index (χ0) is 13.7. The summed E-state index contributed by atoms with van der Waals surface area (Å²) >= 11 is 13.5. The van der Waals surface area contributed by atoms with Gasteiger partial charge in [0, 0.05) is 6.54 Å². The number of benzene rings is 1. The van der Waals surface area contributed by atoms with E-state index >= 15 is 0 Å². The highest BCUT2D eigenvalue weighted by atomic mass is 35.5. The van der Waals surface area contributed by atoms with Crippen LogP contribution in [0.25, 0.3) is 11.0 Å². The third kappa shape index (κ3) is 3.71. The lowest BCUT2D eigenvalue weighted by Crippen LogP contribution is -2.03. The van der Waals surface area contributed by atoms with E-state index in [0.29, 0.717) is 10.0 Å². The lowest BCUT2D eigenvalue weighted by atomic mass is 10.1. The first-order valence-electron chi connectivity index (χ1n) is 6.58. The molecule has 1 aromatic carbocycles. The predicted octanol–water partition coefficient (Wildman–Crippen LogP) is 5.38. The molecule has 3 nitrogen and oxygen atoms in total. The molecular formula is C13H17Cl2N3S. The molecule has 1 aromatic heterocycles. The van der Waals surface area contributed by atoms with E-state index in [1.165, 1.54) is 25.7 Å². The molecule has 0 radical (unpaired) electrons. The van der Waals surface area contributed by atoms with Crippen LogP contribution in [0.15, 0.2) is 6.07 Å². The van der Waals surface area contributed by atoms with Crippen LogP contribution >= 0.6 is 34.9 Å². The van der Waals surface area contributed by atoms with Gasteiger partial charge in [0.2, 0.25) is 0 Å². The Morgan fingerprint density at radius 3 is 2.58 bits per heavy atom. The SMILES string of the molecule is CCCCCCCNc1c(Cl)cc(Cl)c2nsnc12. The molecule has 0 spiro atoms. The molecule has 0 unspecified atom stereocenters. The molecule has 2 aromatic rings. The Balaban J connectivity index is 1.98. The van der Waals surface area contributed by atoms with Crippen LogP contribution in [-0.4, -0.2) is 15.3 Å². The van der Waals surface area contributed by atoms with E-state index in [4.69, 9.17) is 23.2 Å². The number of halogens is 2. The van der Waals surface area contributed by atoms with Gasteiger partial charge < -0.3 is 5.32 Å². The number of nitrogens with zero attached hydrogens (tertiary/aromatic N) is 2. The number of aromatic nitrogens is 2. The summed E-state index contributed by atoms with van der Waals surface area (Å²) in [6, 6.07) is 1.73. The number of fused-ring (bicyclic) bond motifs is 1. The average Bonchev–Trinajstić information content (AvgIpc) is 2.86. The minimum Gasteiger partial charge on any atom is -0.382 e. The maximum absolute atomic E-state index is 6.22. The fourth-order valence-corrected chi connectivity index (χ4v) is 3.16. The summed E-state index contributed by atoms with van der Waals surface area (Å²) in [5.41, 5.74) is 2.35. The summed E-state index contributed by atoms with van der Waals surface area (Å²) in [7, 11) is 0. The Labute approximate surface area is 127 Å². The Hall–Kier alpha value is -0.580. The molecule has 2 rings (SSSR count). The number of unbranched alkanes of at least 4 members (excludes halogenated alkanes) is 4. The van der Waals surface area contributed by atoms with Crippen molar-refractivity contribution >= 4 is 51.7 Å². The molecule has 19 heavy (non-hydrogen) atoms. The van der Waals surface area contributed by atoms with Gasteiger partial charge in [-0.3, -0.25) is 0 Å². The molecule has 0 aliphatic heterocycles. The molecular weight excluding hydrogens is 301 g/mol. The van der Waals surface area contributed by atoms with Crippen molar-refractivity contribution in [3.05, 3.63) is 16.1 Å². The highest BCUT2D eigenvalue weighted by Gasteiger charge is 2.13. The third-order valence-electron chi connectivity index (χ3n) is 3.03. The predicted molar refractivity (Wildman–Crippen MR) is 84.7 cm³/mol. The molecule has 0 aliphatic carbocycles. The highest BCUT2D eigenvalue weighted by Crippen LogP contribution is 2.35. The van der Waals surface area contributed by atoms with E-state index in [0.717, 1.165) is 41.4 Å². The second kappa shape index (κ2) is 7.27. The van der Waals surface area contributed by atoms with Gasteiger partial charge in [-0.1, -0.05) is 55.8 Å². The third-order valence-corrected chi connectivity index (χ3v) is 4.14. The van der Waals surface area contributed by atoms with Gasteiger partial charge in [0.1, 0.15) is 11.0 Å². The van der Waals surface area contributed by atoms with Crippen molar-refractivity contribution in [2.75, 3.05) is 11.9 Å². The Morgan fingerprint density at radius 2 is 1.79 bits per heavy atom. The van der Waals surface area contributed by atoms with Crippen molar-refractivity contribution < 1.29 is 0 Å². The monoisotopic (exact) mass is 317 g/mol. The van der Waals surface area contributed by atoms with Crippen molar-refractivity contribution in [2.24, 2.45) is 0 Å². The zero-order valence-corrected chi connectivity index (χ0v) is 13.2. The normalized spacial score (nSPS) is 11.1. The van der Waals surface area contributed by atoms with E-state index in [2.05, 4.69) is 21.0 Å². The van der Waals surface area contributed by atoms with Crippen LogP contribution in [0.5, 0.6) is 0 Å². The lowest BCUT2D eigenvalue weighted by molar-refractivity contribution is 0.645. The average molecular weight is 318 g/mol. The van der Waals surface area contributed by atoms with Gasteiger partial charge in [0.05, 0.1) is 27.5 Å².